The Kier molecular flexibility index (Phi) is 6.44. The first-order chi connectivity index (χ1) is 9.40. The van der Waals surface area contributed by atoms with Gasteiger partial charge in [-0.1, -0.05) is 12.8 Å². The Morgan fingerprint density at radius 2 is 1.85 bits per heavy atom. The Labute approximate surface area is 117 Å². The third-order valence-electron chi connectivity index (χ3n) is 3.58. The number of aliphatic carboxylic acids is 2. The third-order valence-corrected chi connectivity index (χ3v) is 3.58. The van der Waals surface area contributed by atoms with E-state index in [0.717, 1.165) is 25.7 Å². The largest absolute Gasteiger partial charge is 0.481 e. The molecule has 0 saturated heterocycles. The summed E-state index contributed by atoms with van der Waals surface area (Å²) < 4.78 is 0. The number of rotatable bonds is 8. The second-order valence-electron chi connectivity index (χ2n) is 5.18. The molecule has 1 unspecified atom stereocenters. The third kappa shape index (κ3) is 5.56. The zero-order chi connectivity index (χ0) is 15.1. The van der Waals surface area contributed by atoms with Crippen LogP contribution in [-0.2, 0) is 14.4 Å². The molecule has 7 nitrogen and oxygen atoms in total. The van der Waals surface area contributed by atoms with E-state index >= 15 is 0 Å². The fourth-order valence-electron chi connectivity index (χ4n) is 2.33. The second kappa shape index (κ2) is 7.84. The molecule has 20 heavy (non-hydrogen) atoms. The van der Waals surface area contributed by atoms with Crippen molar-refractivity contribution in [3.63, 3.8) is 0 Å². The van der Waals surface area contributed by atoms with Crippen LogP contribution in [-0.4, -0.2) is 58.1 Å². The van der Waals surface area contributed by atoms with E-state index in [4.69, 9.17) is 10.2 Å². The van der Waals surface area contributed by atoms with Gasteiger partial charge >= 0.3 is 11.9 Å². The normalized spacial score (nSPS) is 17.1. The molecule has 1 saturated carbocycles. The van der Waals surface area contributed by atoms with E-state index in [-0.39, 0.29) is 31.5 Å². The van der Waals surface area contributed by atoms with Crippen molar-refractivity contribution in [3.05, 3.63) is 0 Å². The van der Waals surface area contributed by atoms with Gasteiger partial charge in [0, 0.05) is 12.6 Å². The van der Waals surface area contributed by atoms with Gasteiger partial charge in [-0.2, -0.15) is 0 Å². The van der Waals surface area contributed by atoms with Crippen LogP contribution in [0.2, 0.25) is 0 Å². The molecule has 1 fully saturated rings. The lowest BCUT2D eigenvalue weighted by atomic mass is 10.2. The van der Waals surface area contributed by atoms with E-state index in [1.54, 1.807) is 0 Å². The number of hydrogen-bond donors (Lipinski definition) is 3. The lowest BCUT2D eigenvalue weighted by Crippen LogP contribution is -2.47. The number of carboxylic acids is 2. The zero-order valence-electron chi connectivity index (χ0n) is 11.7. The standard InChI is InChI=1S/C13H22N2O5/c1-9(13(19)20)15(7-6-12(17)18)8-11(16)14-10-4-2-3-5-10/h9-10H,2-8H2,1H3,(H,14,16)(H,17,18)(H,19,20). The van der Waals surface area contributed by atoms with E-state index in [2.05, 4.69) is 5.32 Å². The molecule has 7 heteroatoms. The summed E-state index contributed by atoms with van der Waals surface area (Å²) in [4.78, 5) is 34.8. The Bertz CT molecular complexity index is 366. The fourth-order valence-corrected chi connectivity index (χ4v) is 2.33. The van der Waals surface area contributed by atoms with Crippen LogP contribution in [0.15, 0.2) is 0 Å². The van der Waals surface area contributed by atoms with E-state index in [0.29, 0.717) is 0 Å². The average Bonchev–Trinajstić information content (AvgIpc) is 2.85. The number of carbonyl (C=O) groups is 3. The van der Waals surface area contributed by atoms with Gasteiger partial charge in [-0.15, -0.1) is 0 Å². The fraction of sp³-hybridized carbons (Fsp3) is 0.769. The van der Waals surface area contributed by atoms with Gasteiger partial charge in [0.1, 0.15) is 6.04 Å². The minimum Gasteiger partial charge on any atom is -0.481 e. The first-order valence-electron chi connectivity index (χ1n) is 6.88. The summed E-state index contributed by atoms with van der Waals surface area (Å²) in [6, 6.07) is -0.715. The molecular weight excluding hydrogens is 264 g/mol. The topological polar surface area (TPSA) is 107 Å². The number of nitrogens with zero attached hydrogens (tertiary/aromatic N) is 1. The Hall–Kier alpha value is -1.63. The van der Waals surface area contributed by atoms with Crippen molar-refractivity contribution in [2.24, 2.45) is 0 Å². The van der Waals surface area contributed by atoms with Crippen LogP contribution in [0.25, 0.3) is 0 Å². The lowest BCUT2D eigenvalue weighted by Gasteiger charge is -2.25. The highest BCUT2D eigenvalue weighted by atomic mass is 16.4. The number of amides is 1. The molecule has 1 aliphatic rings. The molecule has 1 atom stereocenters. The molecular formula is C13H22N2O5. The van der Waals surface area contributed by atoms with Crippen LogP contribution in [0.3, 0.4) is 0 Å². The number of nitrogens with one attached hydrogen (secondary N) is 1. The van der Waals surface area contributed by atoms with Crippen molar-refractivity contribution in [2.45, 2.75) is 51.1 Å². The lowest BCUT2D eigenvalue weighted by molar-refractivity contribution is -0.145. The molecule has 1 amide bonds. The van der Waals surface area contributed by atoms with Crippen molar-refractivity contribution in [1.29, 1.82) is 0 Å². The highest BCUT2D eigenvalue weighted by molar-refractivity contribution is 5.80. The highest BCUT2D eigenvalue weighted by Crippen LogP contribution is 2.17. The molecule has 0 heterocycles. The second-order valence-corrected chi connectivity index (χ2v) is 5.18. The van der Waals surface area contributed by atoms with E-state index in [1.807, 2.05) is 0 Å². The first kappa shape index (κ1) is 16.4. The summed E-state index contributed by atoms with van der Waals surface area (Å²) in [5, 5.41) is 20.5. The number of hydrogen-bond acceptors (Lipinski definition) is 4. The molecule has 0 aromatic heterocycles. The van der Waals surface area contributed by atoms with Gasteiger partial charge in [0.25, 0.3) is 0 Å². The van der Waals surface area contributed by atoms with Crippen molar-refractivity contribution in [2.75, 3.05) is 13.1 Å². The van der Waals surface area contributed by atoms with Crippen LogP contribution >= 0.6 is 0 Å². The summed E-state index contributed by atoms with van der Waals surface area (Å²) >= 11 is 0. The molecule has 0 aliphatic heterocycles. The van der Waals surface area contributed by atoms with Gasteiger partial charge in [-0.25, -0.2) is 0 Å². The van der Waals surface area contributed by atoms with Crippen LogP contribution in [0, 0.1) is 0 Å². The van der Waals surface area contributed by atoms with Crippen molar-refractivity contribution in [1.82, 2.24) is 10.2 Å². The predicted molar refractivity (Wildman–Crippen MR) is 71.3 cm³/mol. The van der Waals surface area contributed by atoms with Crippen LogP contribution < -0.4 is 5.32 Å². The molecule has 1 aliphatic carbocycles. The SMILES string of the molecule is CC(C(=O)O)N(CCC(=O)O)CC(=O)NC1CCCC1. The van der Waals surface area contributed by atoms with Gasteiger partial charge in [0.05, 0.1) is 13.0 Å². The van der Waals surface area contributed by atoms with E-state index in [9.17, 15) is 14.4 Å². The molecule has 0 bridgehead atoms. The van der Waals surface area contributed by atoms with Crippen molar-refractivity contribution in [3.8, 4) is 0 Å². The molecule has 0 spiro atoms. The van der Waals surface area contributed by atoms with Gasteiger partial charge < -0.3 is 15.5 Å². The molecule has 0 aromatic carbocycles. The molecule has 0 radical (unpaired) electrons. The Morgan fingerprint density at radius 1 is 1.25 bits per heavy atom. The maximum atomic E-state index is 11.9. The summed E-state index contributed by atoms with van der Waals surface area (Å²) in [6.07, 6.45) is 3.91. The van der Waals surface area contributed by atoms with E-state index in [1.165, 1.54) is 11.8 Å². The monoisotopic (exact) mass is 286 g/mol. The maximum Gasteiger partial charge on any atom is 0.320 e. The number of carboxylic acid groups (broad SMARTS) is 2. The average molecular weight is 286 g/mol. The van der Waals surface area contributed by atoms with Gasteiger partial charge in [-0.3, -0.25) is 19.3 Å². The predicted octanol–water partition coefficient (Wildman–Crippen LogP) is 0.295. The van der Waals surface area contributed by atoms with Gasteiger partial charge in [0.2, 0.25) is 5.91 Å². The van der Waals surface area contributed by atoms with Gasteiger partial charge in [-0.05, 0) is 19.8 Å². The summed E-state index contributed by atoms with van der Waals surface area (Å²) in [6.45, 7) is 1.41. The smallest absolute Gasteiger partial charge is 0.320 e. The molecule has 3 N–H and O–H groups in total. The summed E-state index contributed by atoms with van der Waals surface area (Å²) in [5.74, 6) is -2.32. The molecule has 114 valence electrons. The molecule has 0 aromatic rings. The minimum absolute atomic E-state index is 0.0425. The zero-order valence-corrected chi connectivity index (χ0v) is 11.7. The first-order valence-corrected chi connectivity index (χ1v) is 6.88. The number of carbonyl (C=O) groups excluding carboxylic acids is 1. The molecule has 1 rings (SSSR count). The van der Waals surface area contributed by atoms with Crippen LogP contribution in [0.4, 0.5) is 0 Å². The summed E-state index contributed by atoms with van der Waals surface area (Å²) in [7, 11) is 0. The van der Waals surface area contributed by atoms with Crippen molar-refractivity contribution < 1.29 is 24.6 Å². The van der Waals surface area contributed by atoms with Gasteiger partial charge in [0.15, 0.2) is 0 Å². The Morgan fingerprint density at radius 3 is 2.35 bits per heavy atom. The van der Waals surface area contributed by atoms with Crippen molar-refractivity contribution >= 4 is 17.8 Å². The maximum absolute atomic E-state index is 11.9. The quantitative estimate of drug-likeness (QED) is 0.592. The Balaban J connectivity index is 2.50. The minimum atomic E-state index is -1.07. The van der Waals surface area contributed by atoms with Crippen LogP contribution in [0.5, 0.6) is 0 Å². The highest BCUT2D eigenvalue weighted by Gasteiger charge is 2.25. The summed E-state index contributed by atoms with van der Waals surface area (Å²) in [5.41, 5.74) is 0. The van der Waals surface area contributed by atoms with Crippen LogP contribution in [0.1, 0.15) is 39.0 Å². The van der Waals surface area contributed by atoms with E-state index < -0.39 is 18.0 Å².